The molecule has 7 nitrogen and oxygen atoms in total. The van der Waals surface area contributed by atoms with Crippen molar-refractivity contribution in [1.82, 2.24) is 9.80 Å². The van der Waals surface area contributed by atoms with Crippen molar-refractivity contribution in [3.05, 3.63) is 35.9 Å². The number of ether oxygens (including phenoxy) is 2. The van der Waals surface area contributed by atoms with Crippen molar-refractivity contribution < 1.29 is 23.9 Å². The summed E-state index contributed by atoms with van der Waals surface area (Å²) >= 11 is 0. The lowest BCUT2D eigenvalue weighted by Gasteiger charge is -2.29. The number of carbonyl (C=O) groups is 3. The summed E-state index contributed by atoms with van der Waals surface area (Å²) in [5.41, 5.74) is 0.280. The zero-order valence-electron chi connectivity index (χ0n) is 16.4. The second-order valence-corrected chi connectivity index (χ2v) is 7.67. The molecule has 1 heterocycles. The zero-order valence-corrected chi connectivity index (χ0v) is 16.4. The van der Waals surface area contributed by atoms with Crippen LogP contribution in [0.5, 0.6) is 0 Å². The smallest absolute Gasteiger partial charge is 0.329 e. The van der Waals surface area contributed by atoms with Gasteiger partial charge < -0.3 is 19.3 Å². The Balaban J connectivity index is 1.90. The quantitative estimate of drug-likeness (QED) is 0.739. The predicted octanol–water partition coefficient (Wildman–Crippen LogP) is 2.59. The molecule has 0 N–H and O–H groups in total. The van der Waals surface area contributed by atoms with Crippen molar-refractivity contribution in [2.45, 2.75) is 51.9 Å². The number of nitrogens with zero attached hydrogens (tertiary/aromatic N) is 2. The van der Waals surface area contributed by atoms with Crippen LogP contribution in [0.1, 0.15) is 39.2 Å². The number of esters is 2. The van der Waals surface area contributed by atoms with Crippen LogP contribution in [0.3, 0.4) is 0 Å². The summed E-state index contributed by atoms with van der Waals surface area (Å²) in [6, 6.07) is 8.39. The lowest BCUT2D eigenvalue weighted by molar-refractivity contribution is -0.155. The van der Waals surface area contributed by atoms with Gasteiger partial charge in [0, 0.05) is 13.6 Å². The number of carbonyl (C=O) groups excluding carboxylic acids is 3. The van der Waals surface area contributed by atoms with E-state index in [1.165, 1.54) is 16.8 Å². The molecule has 0 radical (unpaired) electrons. The number of urea groups is 1. The van der Waals surface area contributed by atoms with E-state index in [9.17, 15) is 14.4 Å². The third-order valence-electron chi connectivity index (χ3n) is 4.11. The topological polar surface area (TPSA) is 76.2 Å². The van der Waals surface area contributed by atoms with E-state index in [0.717, 1.165) is 12.0 Å². The third-order valence-corrected chi connectivity index (χ3v) is 4.11. The lowest BCUT2D eigenvalue weighted by atomic mass is 10.2. The maximum Gasteiger partial charge on any atom is 0.329 e. The Bertz CT molecular complexity index is 669. The number of benzene rings is 1. The van der Waals surface area contributed by atoms with Crippen molar-refractivity contribution in [2.24, 2.45) is 0 Å². The minimum atomic E-state index is -0.623. The van der Waals surface area contributed by atoms with E-state index in [4.69, 9.17) is 9.47 Å². The summed E-state index contributed by atoms with van der Waals surface area (Å²) in [6.07, 6.45) is 1.27. The van der Waals surface area contributed by atoms with Gasteiger partial charge in [-0.25, -0.2) is 9.59 Å². The zero-order chi connectivity index (χ0) is 20.0. The molecule has 1 aromatic carbocycles. The minimum Gasteiger partial charge on any atom is -0.459 e. The molecular formula is C20H28N2O5. The van der Waals surface area contributed by atoms with E-state index in [1.807, 2.05) is 30.3 Å². The summed E-state index contributed by atoms with van der Waals surface area (Å²) in [5.74, 6) is -0.906. The van der Waals surface area contributed by atoms with Gasteiger partial charge in [-0.3, -0.25) is 4.79 Å². The normalized spacial score (nSPS) is 16.7. The molecule has 1 saturated heterocycles. The molecule has 7 heteroatoms. The van der Waals surface area contributed by atoms with Crippen LogP contribution in [0.4, 0.5) is 4.79 Å². The van der Waals surface area contributed by atoms with Crippen molar-refractivity contribution in [3.63, 3.8) is 0 Å². The highest BCUT2D eigenvalue weighted by molar-refractivity contribution is 5.86. The molecule has 1 aliphatic heterocycles. The molecular weight excluding hydrogens is 348 g/mol. The van der Waals surface area contributed by atoms with E-state index in [1.54, 1.807) is 20.8 Å². The molecule has 0 aromatic heterocycles. The Morgan fingerprint density at radius 2 is 1.85 bits per heavy atom. The van der Waals surface area contributed by atoms with Crippen LogP contribution in [0.15, 0.2) is 30.3 Å². The molecule has 0 bridgehead atoms. The highest BCUT2D eigenvalue weighted by Gasteiger charge is 2.37. The van der Waals surface area contributed by atoms with E-state index in [2.05, 4.69) is 0 Å². The van der Waals surface area contributed by atoms with E-state index < -0.39 is 23.6 Å². The van der Waals surface area contributed by atoms with Crippen molar-refractivity contribution in [3.8, 4) is 0 Å². The second kappa shape index (κ2) is 8.88. The number of hydrogen-bond donors (Lipinski definition) is 0. The van der Waals surface area contributed by atoms with Crippen LogP contribution in [0.25, 0.3) is 0 Å². The fourth-order valence-electron chi connectivity index (χ4n) is 2.92. The number of likely N-dealkylation sites (N-methyl/N-ethyl adjacent to an activating group) is 1. The Kier molecular flexibility index (Phi) is 6.82. The summed E-state index contributed by atoms with van der Waals surface area (Å²) < 4.78 is 10.6. The molecule has 2 amide bonds. The van der Waals surface area contributed by atoms with Gasteiger partial charge in [0.15, 0.2) is 0 Å². The standard InChI is InChI=1S/C20H28N2O5/c1-20(2,3)27-17(23)13-21(4)19(25)22-12-8-11-16(22)18(24)26-14-15-9-6-5-7-10-15/h5-7,9-10,16H,8,11-14H2,1-4H3/t16-/m0/s1. The molecule has 0 aliphatic carbocycles. The van der Waals surface area contributed by atoms with Crippen molar-refractivity contribution in [2.75, 3.05) is 20.1 Å². The summed E-state index contributed by atoms with van der Waals surface area (Å²) in [5, 5.41) is 0. The SMILES string of the molecule is CN(CC(=O)OC(C)(C)C)C(=O)N1CCC[C@H]1C(=O)OCc1ccccc1. The van der Waals surface area contributed by atoms with Crippen molar-refractivity contribution >= 4 is 18.0 Å². The van der Waals surface area contributed by atoms with Crippen LogP contribution in [0.2, 0.25) is 0 Å². The molecule has 0 saturated carbocycles. The highest BCUT2D eigenvalue weighted by Crippen LogP contribution is 2.21. The first-order valence-electron chi connectivity index (χ1n) is 9.11. The number of amides is 2. The molecule has 1 atom stereocenters. The van der Waals surface area contributed by atoms with Crippen LogP contribution in [-0.4, -0.2) is 59.5 Å². The average molecular weight is 376 g/mol. The van der Waals surface area contributed by atoms with Gasteiger partial charge in [0.2, 0.25) is 0 Å². The highest BCUT2D eigenvalue weighted by atomic mass is 16.6. The van der Waals surface area contributed by atoms with Gasteiger partial charge in [-0.05, 0) is 39.2 Å². The van der Waals surface area contributed by atoms with E-state index in [-0.39, 0.29) is 19.2 Å². The molecule has 2 rings (SSSR count). The average Bonchev–Trinajstić information content (AvgIpc) is 3.07. The van der Waals surface area contributed by atoms with Crippen LogP contribution >= 0.6 is 0 Å². The molecule has 0 spiro atoms. The van der Waals surface area contributed by atoms with Gasteiger partial charge in [-0.1, -0.05) is 30.3 Å². The summed E-state index contributed by atoms with van der Waals surface area (Å²) in [7, 11) is 1.52. The first-order chi connectivity index (χ1) is 12.7. The minimum absolute atomic E-state index is 0.168. The van der Waals surface area contributed by atoms with E-state index >= 15 is 0 Å². The molecule has 1 aliphatic rings. The van der Waals surface area contributed by atoms with Gasteiger partial charge in [0.1, 0.15) is 24.8 Å². The van der Waals surface area contributed by atoms with Crippen LogP contribution < -0.4 is 0 Å². The maximum absolute atomic E-state index is 12.7. The Morgan fingerprint density at radius 1 is 1.19 bits per heavy atom. The molecule has 148 valence electrons. The number of likely N-dealkylation sites (tertiary alicyclic amines) is 1. The molecule has 1 aromatic rings. The summed E-state index contributed by atoms with van der Waals surface area (Å²) in [4.78, 5) is 39.8. The molecule has 0 unspecified atom stereocenters. The van der Waals surface area contributed by atoms with Gasteiger partial charge in [0.25, 0.3) is 0 Å². The number of hydrogen-bond acceptors (Lipinski definition) is 5. The van der Waals surface area contributed by atoms with Gasteiger partial charge in [-0.15, -0.1) is 0 Å². The Morgan fingerprint density at radius 3 is 2.48 bits per heavy atom. The largest absolute Gasteiger partial charge is 0.459 e. The third kappa shape index (κ3) is 6.27. The maximum atomic E-state index is 12.7. The van der Waals surface area contributed by atoms with Crippen LogP contribution in [0, 0.1) is 0 Å². The lowest BCUT2D eigenvalue weighted by Crippen LogP contribution is -2.48. The first kappa shape index (κ1) is 20.7. The van der Waals surface area contributed by atoms with Crippen LogP contribution in [-0.2, 0) is 25.7 Å². The summed E-state index contributed by atoms with van der Waals surface area (Å²) in [6.45, 7) is 5.77. The Labute approximate surface area is 160 Å². The van der Waals surface area contributed by atoms with Gasteiger partial charge >= 0.3 is 18.0 Å². The first-order valence-corrected chi connectivity index (χ1v) is 9.11. The Hall–Kier alpha value is -2.57. The monoisotopic (exact) mass is 376 g/mol. The number of rotatable bonds is 5. The van der Waals surface area contributed by atoms with Gasteiger partial charge in [0.05, 0.1) is 0 Å². The fraction of sp³-hybridized carbons (Fsp3) is 0.550. The molecule has 1 fully saturated rings. The second-order valence-electron chi connectivity index (χ2n) is 7.67. The molecule has 27 heavy (non-hydrogen) atoms. The van der Waals surface area contributed by atoms with Gasteiger partial charge in [-0.2, -0.15) is 0 Å². The van der Waals surface area contributed by atoms with E-state index in [0.29, 0.717) is 13.0 Å². The predicted molar refractivity (Wildman–Crippen MR) is 99.8 cm³/mol. The fourth-order valence-corrected chi connectivity index (χ4v) is 2.92. The van der Waals surface area contributed by atoms with Crippen molar-refractivity contribution in [1.29, 1.82) is 0 Å².